The second-order valence-corrected chi connectivity index (χ2v) is 7.64. The lowest BCUT2D eigenvalue weighted by Crippen LogP contribution is -2.40. The molecular formula is C20H21F3N6O4. The summed E-state index contributed by atoms with van der Waals surface area (Å²) in [4.78, 5) is 26.1. The highest BCUT2D eigenvalue weighted by atomic mass is 19.4. The molecule has 0 saturated carbocycles. The average molecular weight is 466 g/mol. The standard InChI is InChI=1S/C20H21F3N6O4/c1-11-14(18(31)32-2)9-13(33-11)10-24-17(30)12-5-7-28(8-6-12)16-4-3-15-25-26-19(20(21,22)23)29(15)27-16/h3-4,9,12H,5-8,10H2,1-2H3,(H,24,30). The van der Waals surface area contributed by atoms with Crippen LogP contribution in [0.25, 0.3) is 5.65 Å². The van der Waals surface area contributed by atoms with Crippen LogP contribution >= 0.6 is 0 Å². The first-order valence-electron chi connectivity index (χ1n) is 10.2. The van der Waals surface area contributed by atoms with Crippen molar-refractivity contribution in [2.24, 2.45) is 5.92 Å². The molecule has 1 amide bonds. The number of anilines is 1. The van der Waals surface area contributed by atoms with Gasteiger partial charge in [0.25, 0.3) is 5.82 Å². The van der Waals surface area contributed by atoms with E-state index >= 15 is 0 Å². The van der Waals surface area contributed by atoms with Gasteiger partial charge in [-0.25, -0.2) is 4.79 Å². The van der Waals surface area contributed by atoms with Crippen LogP contribution in [0.2, 0.25) is 0 Å². The van der Waals surface area contributed by atoms with Crippen LogP contribution in [0.1, 0.15) is 40.5 Å². The fourth-order valence-corrected chi connectivity index (χ4v) is 3.76. The van der Waals surface area contributed by atoms with Crippen LogP contribution in [0.5, 0.6) is 0 Å². The fourth-order valence-electron chi connectivity index (χ4n) is 3.76. The Morgan fingerprint density at radius 3 is 2.64 bits per heavy atom. The molecule has 0 aliphatic carbocycles. The maximum Gasteiger partial charge on any atom is 0.453 e. The van der Waals surface area contributed by atoms with Gasteiger partial charge in [-0.1, -0.05) is 0 Å². The van der Waals surface area contributed by atoms with Gasteiger partial charge in [0.05, 0.1) is 13.7 Å². The molecule has 176 valence electrons. The summed E-state index contributed by atoms with van der Waals surface area (Å²) in [5.41, 5.74) is 0.310. The number of aryl methyl sites for hydroxylation is 1. The number of piperidine rings is 1. The lowest BCUT2D eigenvalue weighted by atomic mass is 9.96. The number of methoxy groups -OCH3 is 1. The number of esters is 1. The van der Waals surface area contributed by atoms with E-state index in [9.17, 15) is 22.8 Å². The van der Waals surface area contributed by atoms with Crippen molar-refractivity contribution >= 4 is 23.3 Å². The summed E-state index contributed by atoms with van der Waals surface area (Å²) in [5.74, 6) is -0.921. The molecule has 0 bridgehead atoms. The predicted molar refractivity (Wildman–Crippen MR) is 107 cm³/mol. The van der Waals surface area contributed by atoms with Gasteiger partial charge in [-0.15, -0.1) is 15.3 Å². The van der Waals surface area contributed by atoms with E-state index in [4.69, 9.17) is 4.42 Å². The number of hydrogen-bond acceptors (Lipinski definition) is 8. The van der Waals surface area contributed by atoms with E-state index in [1.807, 2.05) is 4.90 Å². The molecule has 0 radical (unpaired) electrons. The molecule has 1 N–H and O–H groups in total. The quantitative estimate of drug-likeness (QED) is 0.570. The van der Waals surface area contributed by atoms with Crippen LogP contribution in [-0.4, -0.2) is 51.9 Å². The molecule has 0 spiro atoms. The van der Waals surface area contributed by atoms with Crippen molar-refractivity contribution in [2.45, 2.75) is 32.5 Å². The Morgan fingerprint density at radius 2 is 1.97 bits per heavy atom. The molecular weight excluding hydrogens is 445 g/mol. The second kappa shape index (κ2) is 8.71. The first kappa shape index (κ1) is 22.6. The third-order valence-electron chi connectivity index (χ3n) is 5.50. The summed E-state index contributed by atoms with van der Waals surface area (Å²) in [6, 6.07) is 4.55. The maximum absolute atomic E-state index is 13.1. The van der Waals surface area contributed by atoms with Crippen molar-refractivity contribution in [3.05, 3.63) is 41.1 Å². The van der Waals surface area contributed by atoms with E-state index in [2.05, 4.69) is 25.3 Å². The van der Waals surface area contributed by atoms with Gasteiger partial charge < -0.3 is 19.4 Å². The molecule has 1 aliphatic rings. The number of furan rings is 1. The van der Waals surface area contributed by atoms with E-state index < -0.39 is 18.0 Å². The zero-order chi connectivity index (χ0) is 23.8. The molecule has 4 rings (SSSR count). The van der Waals surface area contributed by atoms with Gasteiger partial charge in [-0.3, -0.25) is 4.79 Å². The Bertz CT molecular complexity index is 1180. The summed E-state index contributed by atoms with van der Waals surface area (Å²) in [5, 5.41) is 13.5. The minimum Gasteiger partial charge on any atom is -0.465 e. The third-order valence-corrected chi connectivity index (χ3v) is 5.50. The minimum atomic E-state index is -4.67. The van der Waals surface area contributed by atoms with Crippen LogP contribution in [0.15, 0.2) is 22.6 Å². The fraction of sp³-hybridized carbons (Fsp3) is 0.450. The van der Waals surface area contributed by atoms with Gasteiger partial charge in [0.1, 0.15) is 22.9 Å². The number of rotatable bonds is 5. The van der Waals surface area contributed by atoms with Crippen LogP contribution in [0, 0.1) is 12.8 Å². The molecule has 1 fully saturated rings. The number of fused-ring (bicyclic) bond motifs is 1. The number of halogens is 3. The predicted octanol–water partition coefficient (Wildman–Crippen LogP) is 2.36. The zero-order valence-corrected chi connectivity index (χ0v) is 17.8. The molecule has 1 saturated heterocycles. The van der Waals surface area contributed by atoms with E-state index in [0.29, 0.717) is 53.3 Å². The Hall–Kier alpha value is -3.64. The molecule has 13 heteroatoms. The third kappa shape index (κ3) is 4.61. The number of amides is 1. The average Bonchev–Trinajstić information content (AvgIpc) is 3.39. The highest BCUT2D eigenvalue weighted by molar-refractivity contribution is 5.90. The van der Waals surface area contributed by atoms with Crippen molar-refractivity contribution in [1.82, 2.24) is 25.1 Å². The number of nitrogens with zero attached hydrogens (tertiary/aromatic N) is 5. The van der Waals surface area contributed by atoms with Gasteiger partial charge in [0, 0.05) is 19.0 Å². The smallest absolute Gasteiger partial charge is 0.453 e. The summed E-state index contributed by atoms with van der Waals surface area (Å²) < 4.78 is 50.1. The van der Waals surface area contributed by atoms with Crippen LogP contribution in [0.4, 0.5) is 19.0 Å². The molecule has 33 heavy (non-hydrogen) atoms. The van der Waals surface area contributed by atoms with E-state index in [1.165, 1.54) is 19.2 Å². The monoisotopic (exact) mass is 466 g/mol. The van der Waals surface area contributed by atoms with Crippen LogP contribution in [-0.2, 0) is 22.3 Å². The number of carbonyl (C=O) groups excluding carboxylic acids is 2. The largest absolute Gasteiger partial charge is 0.465 e. The highest BCUT2D eigenvalue weighted by Gasteiger charge is 2.38. The molecule has 1 aliphatic heterocycles. The van der Waals surface area contributed by atoms with Crippen molar-refractivity contribution in [2.75, 3.05) is 25.1 Å². The Labute approximate surface area is 185 Å². The Morgan fingerprint density at radius 1 is 1.24 bits per heavy atom. The molecule has 0 aromatic carbocycles. The molecule has 0 atom stereocenters. The topological polar surface area (TPSA) is 115 Å². The first-order chi connectivity index (χ1) is 15.7. The SMILES string of the molecule is COC(=O)c1cc(CNC(=O)C2CCN(c3ccc4nnc(C(F)(F)F)n4n3)CC2)oc1C. The van der Waals surface area contributed by atoms with Crippen molar-refractivity contribution < 1.29 is 31.9 Å². The zero-order valence-electron chi connectivity index (χ0n) is 17.8. The molecule has 10 nitrogen and oxygen atoms in total. The van der Waals surface area contributed by atoms with E-state index in [1.54, 1.807) is 13.0 Å². The van der Waals surface area contributed by atoms with Gasteiger partial charge in [-0.05, 0) is 38.0 Å². The molecule has 4 heterocycles. The van der Waals surface area contributed by atoms with Crippen LogP contribution < -0.4 is 10.2 Å². The van der Waals surface area contributed by atoms with E-state index in [0.717, 1.165) is 0 Å². The number of hydrogen-bond donors (Lipinski definition) is 1. The van der Waals surface area contributed by atoms with Crippen molar-refractivity contribution in [3.63, 3.8) is 0 Å². The van der Waals surface area contributed by atoms with Gasteiger partial charge in [0.15, 0.2) is 5.65 Å². The maximum atomic E-state index is 13.1. The normalized spacial score (nSPS) is 15.1. The van der Waals surface area contributed by atoms with Gasteiger partial charge in [0.2, 0.25) is 5.91 Å². The molecule has 3 aromatic rings. The van der Waals surface area contributed by atoms with Gasteiger partial charge >= 0.3 is 12.1 Å². The van der Waals surface area contributed by atoms with E-state index in [-0.39, 0.29) is 24.0 Å². The number of carbonyl (C=O) groups is 2. The van der Waals surface area contributed by atoms with Crippen molar-refractivity contribution in [1.29, 1.82) is 0 Å². The highest BCUT2D eigenvalue weighted by Crippen LogP contribution is 2.28. The summed E-state index contributed by atoms with van der Waals surface area (Å²) in [6.07, 6.45) is -3.66. The Balaban J connectivity index is 1.35. The van der Waals surface area contributed by atoms with Crippen LogP contribution in [0.3, 0.4) is 0 Å². The first-order valence-corrected chi connectivity index (χ1v) is 10.2. The van der Waals surface area contributed by atoms with Gasteiger partial charge in [-0.2, -0.15) is 17.7 Å². The summed E-state index contributed by atoms with van der Waals surface area (Å²) >= 11 is 0. The second-order valence-electron chi connectivity index (χ2n) is 7.64. The Kier molecular flexibility index (Phi) is 5.95. The molecule has 3 aromatic heterocycles. The lowest BCUT2D eigenvalue weighted by Gasteiger charge is -2.32. The lowest BCUT2D eigenvalue weighted by molar-refractivity contribution is -0.146. The number of alkyl halides is 3. The summed E-state index contributed by atoms with van der Waals surface area (Å²) in [6.45, 7) is 2.66. The number of aromatic nitrogens is 4. The summed E-state index contributed by atoms with van der Waals surface area (Å²) in [7, 11) is 1.28. The van der Waals surface area contributed by atoms with Crippen molar-refractivity contribution in [3.8, 4) is 0 Å². The molecule has 0 unspecified atom stereocenters. The number of nitrogens with one attached hydrogen (secondary N) is 1. The minimum absolute atomic E-state index is 0.00357. The number of ether oxygens (including phenoxy) is 1.